The van der Waals surface area contributed by atoms with Crippen molar-refractivity contribution in [2.45, 2.75) is 25.4 Å². The maximum atomic E-state index is 10.6. The van der Waals surface area contributed by atoms with Gasteiger partial charge in [0.05, 0.1) is 6.10 Å². The average Bonchev–Trinajstić information content (AvgIpc) is 3.11. The van der Waals surface area contributed by atoms with Crippen LogP contribution >= 0.6 is 0 Å². The Balaban J connectivity index is 1.33. The molecule has 3 heteroatoms. The van der Waals surface area contributed by atoms with Crippen molar-refractivity contribution in [3.63, 3.8) is 0 Å². The molecule has 1 heterocycles. The highest BCUT2D eigenvalue weighted by atomic mass is 16.3. The molecule has 1 atom stereocenters. The fourth-order valence-corrected chi connectivity index (χ4v) is 3.98. The van der Waals surface area contributed by atoms with Crippen molar-refractivity contribution < 1.29 is 5.11 Å². The SMILES string of the molecule is OC(CN1CCN(c2ccccc2)CC1)c1ccc2c(c1)CCC2. The van der Waals surface area contributed by atoms with E-state index in [9.17, 15) is 5.11 Å². The number of hydrogen-bond acceptors (Lipinski definition) is 3. The van der Waals surface area contributed by atoms with Crippen LogP contribution in [0.25, 0.3) is 0 Å². The van der Waals surface area contributed by atoms with Gasteiger partial charge in [0.2, 0.25) is 0 Å². The maximum Gasteiger partial charge on any atom is 0.0917 e. The molecule has 1 fully saturated rings. The highest BCUT2D eigenvalue weighted by Gasteiger charge is 2.21. The number of anilines is 1. The van der Waals surface area contributed by atoms with Crippen molar-refractivity contribution in [3.05, 3.63) is 65.2 Å². The molecule has 1 aliphatic heterocycles. The Kier molecular flexibility index (Phi) is 4.54. The quantitative estimate of drug-likeness (QED) is 0.937. The number of benzene rings is 2. The summed E-state index contributed by atoms with van der Waals surface area (Å²) in [4.78, 5) is 4.82. The Morgan fingerprint density at radius 3 is 2.42 bits per heavy atom. The minimum atomic E-state index is -0.376. The molecule has 24 heavy (non-hydrogen) atoms. The topological polar surface area (TPSA) is 26.7 Å². The first kappa shape index (κ1) is 15.7. The molecule has 0 aromatic heterocycles. The molecule has 1 N–H and O–H groups in total. The molecule has 0 spiro atoms. The lowest BCUT2D eigenvalue weighted by atomic mass is 10.0. The predicted molar refractivity (Wildman–Crippen MR) is 98.5 cm³/mol. The van der Waals surface area contributed by atoms with E-state index in [-0.39, 0.29) is 6.10 Å². The Hall–Kier alpha value is -1.84. The number of aryl methyl sites for hydroxylation is 2. The Morgan fingerprint density at radius 1 is 0.875 bits per heavy atom. The van der Waals surface area contributed by atoms with Gasteiger partial charge in [0, 0.05) is 38.4 Å². The minimum Gasteiger partial charge on any atom is -0.387 e. The van der Waals surface area contributed by atoms with Crippen LogP contribution in [-0.2, 0) is 12.8 Å². The number of aliphatic hydroxyl groups excluding tert-OH is 1. The number of nitrogens with zero attached hydrogens (tertiary/aromatic N) is 2. The second-order valence-electron chi connectivity index (χ2n) is 7.02. The van der Waals surface area contributed by atoms with Crippen molar-refractivity contribution in [2.24, 2.45) is 0 Å². The summed E-state index contributed by atoms with van der Waals surface area (Å²) in [7, 11) is 0. The monoisotopic (exact) mass is 322 g/mol. The number of hydrogen-bond donors (Lipinski definition) is 1. The third-order valence-electron chi connectivity index (χ3n) is 5.43. The summed E-state index contributed by atoms with van der Waals surface area (Å²) in [5, 5.41) is 10.6. The second-order valence-corrected chi connectivity index (χ2v) is 7.02. The van der Waals surface area contributed by atoms with Crippen LogP contribution in [-0.4, -0.2) is 42.7 Å². The zero-order valence-corrected chi connectivity index (χ0v) is 14.2. The zero-order chi connectivity index (χ0) is 16.4. The number of aliphatic hydroxyl groups is 1. The van der Waals surface area contributed by atoms with Crippen LogP contribution < -0.4 is 4.90 Å². The largest absolute Gasteiger partial charge is 0.387 e. The molecular formula is C21H26N2O. The summed E-state index contributed by atoms with van der Waals surface area (Å²) in [5.41, 5.74) is 5.31. The number of piperazine rings is 1. The van der Waals surface area contributed by atoms with Crippen LogP contribution in [0.3, 0.4) is 0 Å². The molecule has 2 aromatic rings. The molecule has 126 valence electrons. The molecule has 4 rings (SSSR count). The lowest BCUT2D eigenvalue weighted by Gasteiger charge is -2.37. The Bertz CT molecular complexity index is 677. The van der Waals surface area contributed by atoms with E-state index in [2.05, 4.69) is 58.3 Å². The summed E-state index contributed by atoms with van der Waals surface area (Å²) in [6.07, 6.45) is 3.26. The molecule has 2 aliphatic rings. The van der Waals surface area contributed by atoms with Crippen molar-refractivity contribution in [1.29, 1.82) is 0 Å². The first-order chi connectivity index (χ1) is 11.8. The van der Waals surface area contributed by atoms with Crippen LogP contribution in [0.5, 0.6) is 0 Å². The molecule has 1 unspecified atom stereocenters. The highest BCUT2D eigenvalue weighted by Crippen LogP contribution is 2.26. The standard InChI is InChI=1S/C21H26N2O/c24-21(19-10-9-17-5-4-6-18(17)15-19)16-22-11-13-23(14-12-22)20-7-2-1-3-8-20/h1-3,7-10,15,21,24H,4-6,11-14,16H2. The van der Waals surface area contributed by atoms with Gasteiger partial charge in [-0.3, -0.25) is 4.90 Å². The van der Waals surface area contributed by atoms with E-state index in [1.54, 1.807) is 0 Å². The van der Waals surface area contributed by atoms with E-state index in [1.807, 2.05) is 0 Å². The van der Waals surface area contributed by atoms with Gasteiger partial charge >= 0.3 is 0 Å². The summed E-state index contributed by atoms with van der Waals surface area (Å²) in [5.74, 6) is 0. The van der Waals surface area contributed by atoms with Crippen LogP contribution in [0.15, 0.2) is 48.5 Å². The van der Waals surface area contributed by atoms with Crippen LogP contribution in [0.2, 0.25) is 0 Å². The van der Waals surface area contributed by atoms with Crippen LogP contribution in [0, 0.1) is 0 Å². The van der Waals surface area contributed by atoms with E-state index in [0.29, 0.717) is 0 Å². The van der Waals surface area contributed by atoms with Gasteiger partial charge in [-0.25, -0.2) is 0 Å². The maximum absolute atomic E-state index is 10.6. The third kappa shape index (κ3) is 3.33. The molecule has 3 nitrogen and oxygen atoms in total. The fraction of sp³-hybridized carbons (Fsp3) is 0.429. The van der Waals surface area contributed by atoms with Crippen molar-refractivity contribution in [2.75, 3.05) is 37.6 Å². The number of rotatable bonds is 4. The Morgan fingerprint density at radius 2 is 1.62 bits per heavy atom. The summed E-state index contributed by atoms with van der Waals surface area (Å²) in [6, 6.07) is 17.2. The van der Waals surface area contributed by atoms with Gasteiger partial charge in [-0.2, -0.15) is 0 Å². The first-order valence-electron chi connectivity index (χ1n) is 9.12. The normalized spacial score (nSPS) is 19.3. The van der Waals surface area contributed by atoms with Gasteiger partial charge in [-0.05, 0) is 48.1 Å². The highest BCUT2D eigenvalue weighted by molar-refractivity contribution is 5.46. The number of fused-ring (bicyclic) bond motifs is 1. The van der Waals surface area contributed by atoms with E-state index in [1.165, 1.54) is 36.1 Å². The van der Waals surface area contributed by atoms with Crippen LogP contribution in [0.4, 0.5) is 5.69 Å². The average molecular weight is 322 g/mol. The first-order valence-corrected chi connectivity index (χ1v) is 9.12. The number of para-hydroxylation sites is 1. The van der Waals surface area contributed by atoms with Crippen molar-refractivity contribution in [1.82, 2.24) is 4.90 Å². The van der Waals surface area contributed by atoms with Gasteiger partial charge in [0.1, 0.15) is 0 Å². The third-order valence-corrected chi connectivity index (χ3v) is 5.43. The second kappa shape index (κ2) is 6.96. The lowest BCUT2D eigenvalue weighted by molar-refractivity contribution is 0.109. The summed E-state index contributed by atoms with van der Waals surface area (Å²) in [6.45, 7) is 4.82. The molecule has 0 radical (unpaired) electrons. The Labute approximate surface area is 144 Å². The van der Waals surface area contributed by atoms with Crippen molar-refractivity contribution in [3.8, 4) is 0 Å². The summed E-state index contributed by atoms with van der Waals surface area (Å²) >= 11 is 0. The van der Waals surface area contributed by atoms with E-state index in [4.69, 9.17) is 0 Å². The molecule has 1 aliphatic carbocycles. The van der Waals surface area contributed by atoms with E-state index < -0.39 is 0 Å². The molecule has 0 bridgehead atoms. The summed E-state index contributed by atoms with van der Waals surface area (Å²) < 4.78 is 0. The molecule has 0 saturated carbocycles. The van der Waals surface area contributed by atoms with Gasteiger partial charge < -0.3 is 10.0 Å². The van der Waals surface area contributed by atoms with Gasteiger partial charge in [-0.1, -0.05) is 36.4 Å². The lowest BCUT2D eigenvalue weighted by Crippen LogP contribution is -2.47. The molecule has 1 saturated heterocycles. The van der Waals surface area contributed by atoms with E-state index in [0.717, 1.165) is 38.3 Å². The van der Waals surface area contributed by atoms with Crippen molar-refractivity contribution >= 4 is 5.69 Å². The number of β-amino-alcohol motifs (C(OH)–C–C–N with tert-alkyl or cyclic N) is 1. The van der Waals surface area contributed by atoms with Gasteiger partial charge in [0.15, 0.2) is 0 Å². The molecular weight excluding hydrogens is 296 g/mol. The smallest absolute Gasteiger partial charge is 0.0917 e. The zero-order valence-electron chi connectivity index (χ0n) is 14.2. The van der Waals surface area contributed by atoms with E-state index >= 15 is 0 Å². The molecule has 0 amide bonds. The molecule has 2 aromatic carbocycles. The van der Waals surface area contributed by atoms with Crippen LogP contribution in [0.1, 0.15) is 29.2 Å². The minimum absolute atomic E-state index is 0.376. The predicted octanol–water partition coefficient (Wildman–Crippen LogP) is 3.03. The van der Waals surface area contributed by atoms with Gasteiger partial charge in [0.25, 0.3) is 0 Å². The fourth-order valence-electron chi connectivity index (χ4n) is 3.98. The van der Waals surface area contributed by atoms with Gasteiger partial charge in [-0.15, -0.1) is 0 Å².